The second-order valence-corrected chi connectivity index (χ2v) is 6.55. The first-order valence-electron chi connectivity index (χ1n) is 8.09. The van der Waals surface area contributed by atoms with Gasteiger partial charge in [-0.2, -0.15) is 0 Å². The van der Waals surface area contributed by atoms with Crippen LogP contribution in [0.5, 0.6) is 0 Å². The van der Waals surface area contributed by atoms with E-state index in [2.05, 4.69) is 5.32 Å². The maximum Gasteiger partial charge on any atom is 0.254 e. The lowest BCUT2D eigenvalue weighted by atomic mass is 10.1. The molecule has 0 spiro atoms. The van der Waals surface area contributed by atoms with Crippen molar-refractivity contribution in [3.63, 3.8) is 0 Å². The van der Waals surface area contributed by atoms with Gasteiger partial charge < -0.3 is 10.2 Å². The monoisotopic (exact) mass is 360 g/mol. The Bertz CT molecular complexity index is 808. The van der Waals surface area contributed by atoms with Crippen molar-refractivity contribution in [3.8, 4) is 0 Å². The Morgan fingerprint density at radius 1 is 1.20 bits per heavy atom. The van der Waals surface area contributed by atoms with E-state index in [1.54, 1.807) is 17.0 Å². The molecule has 25 heavy (non-hydrogen) atoms. The lowest BCUT2D eigenvalue weighted by Crippen LogP contribution is -2.43. The molecule has 2 amide bonds. The highest BCUT2D eigenvalue weighted by molar-refractivity contribution is 6.31. The van der Waals surface area contributed by atoms with Crippen molar-refractivity contribution in [2.75, 3.05) is 11.9 Å². The SMILES string of the molecule is Cc1ccc(Cl)cc1NC(=O)[C@@H]1CCCN1C(=O)c1ccc(F)cc1. The predicted molar refractivity (Wildman–Crippen MR) is 95.3 cm³/mol. The summed E-state index contributed by atoms with van der Waals surface area (Å²) in [5.74, 6) is -0.900. The van der Waals surface area contributed by atoms with Crippen LogP contribution in [-0.4, -0.2) is 29.3 Å². The van der Waals surface area contributed by atoms with Crippen molar-refractivity contribution >= 4 is 29.1 Å². The van der Waals surface area contributed by atoms with Crippen molar-refractivity contribution in [3.05, 3.63) is 64.4 Å². The van der Waals surface area contributed by atoms with Crippen LogP contribution in [0.25, 0.3) is 0 Å². The zero-order chi connectivity index (χ0) is 18.0. The molecule has 0 radical (unpaired) electrons. The van der Waals surface area contributed by atoms with Crippen LogP contribution in [0, 0.1) is 12.7 Å². The van der Waals surface area contributed by atoms with Crippen LogP contribution >= 0.6 is 11.6 Å². The molecule has 130 valence electrons. The molecule has 0 aromatic heterocycles. The highest BCUT2D eigenvalue weighted by Crippen LogP contribution is 2.24. The smallest absolute Gasteiger partial charge is 0.254 e. The number of hydrogen-bond donors (Lipinski definition) is 1. The summed E-state index contributed by atoms with van der Waals surface area (Å²) in [4.78, 5) is 26.9. The van der Waals surface area contributed by atoms with Gasteiger partial charge >= 0.3 is 0 Å². The van der Waals surface area contributed by atoms with Crippen molar-refractivity contribution in [1.82, 2.24) is 4.90 Å². The van der Waals surface area contributed by atoms with Gasteiger partial charge in [0.2, 0.25) is 5.91 Å². The Hall–Kier alpha value is -2.40. The van der Waals surface area contributed by atoms with Gasteiger partial charge in [-0.1, -0.05) is 17.7 Å². The summed E-state index contributed by atoms with van der Waals surface area (Å²) in [5.41, 5.74) is 1.91. The number of halogens is 2. The average Bonchev–Trinajstić information content (AvgIpc) is 3.08. The zero-order valence-electron chi connectivity index (χ0n) is 13.8. The maximum absolute atomic E-state index is 13.0. The molecule has 4 nitrogen and oxygen atoms in total. The van der Waals surface area contributed by atoms with Gasteiger partial charge in [0.05, 0.1) is 0 Å². The first kappa shape index (κ1) is 17.4. The second-order valence-electron chi connectivity index (χ2n) is 6.11. The van der Waals surface area contributed by atoms with Gasteiger partial charge in [-0.05, 0) is 61.7 Å². The molecule has 0 aliphatic carbocycles. The van der Waals surface area contributed by atoms with Crippen LogP contribution in [0.4, 0.5) is 10.1 Å². The van der Waals surface area contributed by atoms with Crippen molar-refractivity contribution in [2.24, 2.45) is 0 Å². The molecular formula is C19H18ClFN2O2. The fourth-order valence-electron chi connectivity index (χ4n) is 2.99. The van der Waals surface area contributed by atoms with Crippen LogP contribution in [0.3, 0.4) is 0 Å². The third-order valence-corrected chi connectivity index (χ3v) is 4.60. The van der Waals surface area contributed by atoms with Crippen molar-refractivity contribution < 1.29 is 14.0 Å². The molecule has 1 aliphatic rings. The van der Waals surface area contributed by atoms with Crippen LogP contribution in [-0.2, 0) is 4.79 Å². The molecule has 1 atom stereocenters. The summed E-state index contributed by atoms with van der Waals surface area (Å²) in [7, 11) is 0. The fourth-order valence-corrected chi connectivity index (χ4v) is 3.16. The zero-order valence-corrected chi connectivity index (χ0v) is 14.5. The van der Waals surface area contributed by atoms with Gasteiger partial charge in [-0.25, -0.2) is 4.39 Å². The minimum Gasteiger partial charge on any atom is -0.327 e. The standard InChI is InChI=1S/C19H18ClFN2O2/c1-12-4-7-14(20)11-16(12)22-18(24)17-3-2-10-23(17)19(25)13-5-8-15(21)9-6-13/h4-9,11,17H,2-3,10H2,1H3,(H,22,24)/t17-/m0/s1. The first-order chi connectivity index (χ1) is 12.0. The van der Waals surface area contributed by atoms with E-state index in [1.165, 1.54) is 24.3 Å². The summed E-state index contributed by atoms with van der Waals surface area (Å²) in [6.07, 6.45) is 1.35. The molecule has 2 aromatic carbocycles. The van der Waals surface area contributed by atoms with Gasteiger partial charge in [0, 0.05) is 22.8 Å². The Kier molecular flexibility index (Phi) is 5.04. The van der Waals surface area contributed by atoms with E-state index >= 15 is 0 Å². The van der Waals surface area contributed by atoms with Crippen molar-refractivity contribution in [2.45, 2.75) is 25.8 Å². The molecular weight excluding hydrogens is 343 g/mol. The number of nitrogens with zero attached hydrogens (tertiary/aromatic N) is 1. The van der Waals surface area contributed by atoms with Crippen LogP contribution in [0.1, 0.15) is 28.8 Å². The summed E-state index contributed by atoms with van der Waals surface area (Å²) in [6, 6.07) is 10.1. The van der Waals surface area contributed by atoms with E-state index in [0.29, 0.717) is 29.2 Å². The number of carbonyl (C=O) groups is 2. The molecule has 0 unspecified atom stereocenters. The number of anilines is 1. The Morgan fingerprint density at radius 3 is 2.64 bits per heavy atom. The van der Waals surface area contributed by atoms with E-state index in [1.807, 2.05) is 13.0 Å². The second kappa shape index (κ2) is 7.23. The number of nitrogens with one attached hydrogen (secondary N) is 1. The highest BCUT2D eigenvalue weighted by atomic mass is 35.5. The molecule has 1 saturated heterocycles. The van der Waals surface area contributed by atoms with E-state index in [9.17, 15) is 14.0 Å². The number of likely N-dealkylation sites (tertiary alicyclic amines) is 1. The van der Waals surface area contributed by atoms with Gasteiger partial charge in [0.25, 0.3) is 5.91 Å². The minimum absolute atomic E-state index is 0.238. The molecule has 0 saturated carbocycles. The number of rotatable bonds is 3. The van der Waals surface area contributed by atoms with Gasteiger partial charge in [0.15, 0.2) is 0 Å². The summed E-state index contributed by atoms with van der Waals surface area (Å²) in [5, 5.41) is 3.39. The summed E-state index contributed by atoms with van der Waals surface area (Å²) in [6.45, 7) is 2.38. The molecule has 1 heterocycles. The van der Waals surface area contributed by atoms with Crippen LogP contribution in [0.15, 0.2) is 42.5 Å². The first-order valence-corrected chi connectivity index (χ1v) is 8.47. The molecule has 3 rings (SSSR count). The molecule has 1 fully saturated rings. The lowest BCUT2D eigenvalue weighted by molar-refractivity contribution is -0.119. The number of aryl methyl sites for hydroxylation is 1. The highest BCUT2D eigenvalue weighted by Gasteiger charge is 2.34. The minimum atomic E-state index is -0.545. The Balaban J connectivity index is 1.76. The largest absolute Gasteiger partial charge is 0.327 e. The number of benzene rings is 2. The third-order valence-electron chi connectivity index (χ3n) is 4.36. The molecule has 0 bridgehead atoms. The maximum atomic E-state index is 13.0. The Morgan fingerprint density at radius 2 is 1.92 bits per heavy atom. The van der Waals surface area contributed by atoms with Gasteiger partial charge in [-0.3, -0.25) is 9.59 Å². The molecule has 1 aliphatic heterocycles. The Labute approximate surface area is 150 Å². The van der Waals surface area contributed by atoms with Gasteiger partial charge in [0.1, 0.15) is 11.9 Å². The normalized spacial score (nSPS) is 16.8. The summed E-state index contributed by atoms with van der Waals surface area (Å²) >= 11 is 5.99. The quantitative estimate of drug-likeness (QED) is 0.898. The number of hydrogen-bond acceptors (Lipinski definition) is 2. The van der Waals surface area contributed by atoms with Crippen LogP contribution < -0.4 is 5.32 Å². The van der Waals surface area contributed by atoms with Crippen molar-refractivity contribution in [1.29, 1.82) is 0 Å². The molecule has 1 N–H and O–H groups in total. The topological polar surface area (TPSA) is 49.4 Å². The number of carbonyl (C=O) groups excluding carboxylic acids is 2. The van der Waals surface area contributed by atoms with E-state index < -0.39 is 11.9 Å². The number of amides is 2. The lowest BCUT2D eigenvalue weighted by Gasteiger charge is -2.24. The molecule has 6 heteroatoms. The van der Waals surface area contributed by atoms with E-state index in [0.717, 1.165) is 12.0 Å². The third kappa shape index (κ3) is 3.82. The van der Waals surface area contributed by atoms with E-state index in [4.69, 9.17) is 11.6 Å². The van der Waals surface area contributed by atoms with E-state index in [-0.39, 0.29) is 11.8 Å². The average molecular weight is 361 g/mol. The fraction of sp³-hybridized carbons (Fsp3) is 0.263. The van der Waals surface area contributed by atoms with Gasteiger partial charge in [-0.15, -0.1) is 0 Å². The molecule has 2 aromatic rings. The van der Waals surface area contributed by atoms with Crippen LogP contribution in [0.2, 0.25) is 5.02 Å². The predicted octanol–water partition coefficient (Wildman–Crippen LogP) is 4.03. The summed E-state index contributed by atoms with van der Waals surface area (Å²) < 4.78 is 13.0.